The lowest BCUT2D eigenvalue weighted by atomic mass is 10.1. The second-order valence-electron chi connectivity index (χ2n) is 9.56. The van der Waals surface area contributed by atoms with Gasteiger partial charge in [0.05, 0.1) is 15.9 Å². The van der Waals surface area contributed by atoms with Gasteiger partial charge in [0.1, 0.15) is 5.75 Å². The van der Waals surface area contributed by atoms with E-state index in [1.807, 2.05) is 11.0 Å². The van der Waals surface area contributed by atoms with Crippen molar-refractivity contribution in [2.24, 2.45) is 5.92 Å². The normalized spacial score (nSPS) is 18.2. The van der Waals surface area contributed by atoms with E-state index in [0.717, 1.165) is 39.1 Å². The summed E-state index contributed by atoms with van der Waals surface area (Å²) in [5.74, 6) is -0.0163. The van der Waals surface area contributed by atoms with E-state index in [2.05, 4.69) is 51.5 Å². The zero-order valence-electron chi connectivity index (χ0n) is 20.6. The third kappa shape index (κ3) is 6.26. The number of rotatable bonds is 7. The molecular formula is C28H31ClN4O3S. The molecular weight excluding hydrogens is 508 g/mol. The van der Waals surface area contributed by atoms with Crippen LogP contribution in [0.4, 0.5) is 10.7 Å². The van der Waals surface area contributed by atoms with Crippen LogP contribution in [0.3, 0.4) is 0 Å². The van der Waals surface area contributed by atoms with Gasteiger partial charge in [-0.15, -0.1) is 11.3 Å². The van der Waals surface area contributed by atoms with Crippen molar-refractivity contribution in [1.82, 2.24) is 9.80 Å². The number of phenols is 1. The van der Waals surface area contributed by atoms with E-state index >= 15 is 0 Å². The van der Waals surface area contributed by atoms with Gasteiger partial charge >= 0.3 is 0 Å². The summed E-state index contributed by atoms with van der Waals surface area (Å²) in [6.07, 6.45) is 1.23. The Bertz CT molecular complexity index is 1240. The molecule has 7 nitrogen and oxygen atoms in total. The number of likely N-dealkylation sites (tertiary alicyclic amines) is 1. The first-order valence-corrected chi connectivity index (χ1v) is 13.9. The van der Waals surface area contributed by atoms with Crippen molar-refractivity contribution in [2.45, 2.75) is 12.8 Å². The maximum Gasteiger partial charge on any atom is 0.228 e. The Balaban J connectivity index is 1.04. The van der Waals surface area contributed by atoms with Gasteiger partial charge in [-0.05, 0) is 48.9 Å². The summed E-state index contributed by atoms with van der Waals surface area (Å²) in [6.45, 7) is 5.26. The predicted octanol–water partition coefficient (Wildman–Crippen LogP) is 4.77. The molecule has 5 rings (SSSR count). The number of piperazine rings is 1. The van der Waals surface area contributed by atoms with Gasteiger partial charge in [0.2, 0.25) is 11.8 Å². The number of carbonyl (C=O) groups excluding carboxylic acids is 2. The monoisotopic (exact) mass is 538 g/mol. The summed E-state index contributed by atoms with van der Waals surface area (Å²) >= 11 is 7.73. The van der Waals surface area contributed by atoms with Crippen LogP contribution in [0.5, 0.6) is 5.75 Å². The summed E-state index contributed by atoms with van der Waals surface area (Å²) in [4.78, 5) is 33.3. The average molecular weight is 539 g/mol. The molecule has 0 radical (unpaired) electrons. The topological polar surface area (TPSA) is 76.1 Å². The Hall–Kier alpha value is -3.07. The molecule has 0 spiro atoms. The van der Waals surface area contributed by atoms with E-state index in [-0.39, 0.29) is 28.5 Å². The number of hydrogen-bond donors (Lipinski definition) is 2. The van der Waals surface area contributed by atoms with Crippen LogP contribution < -0.4 is 10.2 Å². The van der Waals surface area contributed by atoms with Crippen LogP contribution in [-0.2, 0) is 9.59 Å². The van der Waals surface area contributed by atoms with Crippen LogP contribution in [0, 0.1) is 5.92 Å². The first-order valence-electron chi connectivity index (χ1n) is 12.7. The molecule has 2 saturated heterocycles. The van der Waals surface area contributed by atoms with Gasteiger partial charge in [-0.2, -0.15) is 0 Å². The molecule has 2 fully saturated rings. The van der Waals surface area contributed by atoms with Gasteiger partial charge in [-0.25, -0.2) is 0 Å². The SMILES string of the molecule is O=C(Nc1ccc(O)c(Cl)c1)[C@@H]1CCN(CCC(=O)N2CCN(c3ccc(-c4ccccc4)s3)CC2)C1. The minimum Gasteiger partial charge on any atom is -0.506 e. The number of thiophene rings is 1. The minimum atomic E-state index is -0.127. The Labute approximate surface area is 226 Å². The Morgan fingerprint density at radius 3 is 2.54 bits per heavy atom. The summed E-state index contributed by atoms with van der Waals surface area (Å²) in [5.41, 5.74) is 1.80. The number of nitrogens with zero attached hydrogens (tertiary/aromatic N) is 3. The van der Waals surface area contributed by atoms with Crippen LogP contribution in [0.1, 0.15) is 12.8 Å². The lowest BCUT2D eigenvalue weighted by Gasteiger charge is -2.35. The van der Waals surface area contributed by atoms with Gasteiger partial charge in [0.15, 0.2) is 0 Å². The molecule has 2 aromatic carbocycles. The number of aromatic hydroxyl groups is 1. The molecule has 0 aliphatic carbocycles. The van der Waals surface area contributed by atoms with Gasteiger partial charge in [-0.1, -0.05) is 41.9 Å². The first kappa shape index (κ1) is 25.6. The molecule has 2 aliphatic heterocycles. The number of hydrogen-bond acceptors (Lipinski definition) is 6. The van der Waals surface area contributed by atoms with Gasteiger partial charge in [0, 0.05) is 56.3 Å². The highest BCUT2D eigenvalue weighted by atomic mass is 35.5. The molecule has 37 heavy (non-hydrogen) atoms. The molecule has 0 unspecified atom stereocenters. The Morgan fingerprint density at radius 2 is 1.78 bits per heavy atom. The number of phenolic OH excluding ortho intramolecular Hbond substituents is 1. The van der Waals surface area contributed by atoms with Crippen LogP contribution in [0.15, 0.2) is 60.7 Å². The summed E-state index contributed by atoms with van der Waals surface area (Å²) < 4.78 is 0. The van der Waals surface area contributed by atoms with E-state index in [1.165, 1.54) is 21.5 Å². The van der Waals surface area contributed by atoms with Gasteiger partial charge in [0.25, 0.3) is 0 Å². The molecule has 0 saturated carbocycles. The van der Waals surface area contributed by atoms with Crippen molar-refractivity contribution in [3.63, 3.8) is 0 Å². The minimum absolute atomic E-state index is 0.0125. The third-order valence-corrected chi connectivity index (χ3v) is 8.59. The van der Waals surface area contributed by atoms with Crippen LogP contribution in [-0.4, -0.2) is 72.5 Å². The molecule has 1 aromatic heterocycles. The van der Waals surface area contributed by atoms with Crippen molar-refractivity contribution in [3.05, 3.63) is 65.7 Å². The van der Waals surface area contributed by atoms with E-state index in [1.54, 1.807) is 23.5 Å². The summed E-state index contributed by atoms with van der Waals surface area (Å²) in [5, 5.41) is 13.9. The fraction of sp³-hybridized carbons (Fsp3) is 0.357. The Morgan fingerprint density at radius 1 is 1.00 bits per heavy atom. The maximum absolute atomic E-state index is 12.9. The highest BCUT2D eigenvalue weighted by Gasteiger charge is 2.29. The van der Waals surface area contributed by atoms with Gasteiger partial charge < -0.3 is 25.1 Å². The number of anilines is 2. The molecule has 2 N–H and O–H groups in total. The Kier molecular flexibility index (Phi) is 7.98. The van der Waals surface area contributed by atoms with Crippen molar-refractivity contribution in [3.8, 4) is 16.2 Å². The van der Waals surface area contributed by atoms with Crippen molar-refractivity contribution < 1.29 is 14.7 Å². The highest BCUT2D eigenvalue weighted by molar-refractivity contribution is 7.19. The smallest absolute Gasteiger partial charge is 0.228 e. The van der Waals surface area contributed by atoms with Gasteiger partial charge in [-0.3, -0.25) is 9.59 Å². The molecule has 2 amide bonds. The van der Waals surface area contributed by atoms with E-state index < -0.39 is 0 Å². The zero-order chi connectivity index (χ0) is 25.8. The number of amides is 2. The second kappa shape index (κ2) is 11.5. The largest absolute Gasteiger partial charge is 0.506 e. The summed E-state index contributed by atoms with van der Waals surface area (Å²) in [7, 11) is 0. The second-order valence-corrected chi connectivity index (χ2v) is 11.0. The van der Waals surface area contributed by atoms with Crippen molar-refractivity contribution in [2.75, 3.05) is 56.0 Å². The first-order chi connectivity index (χ1) is 18.0. The molecule has 1 atom stereocenters. The molecule has 2 aliphatic rings. The van der Waals surface area contributed by atoms with Crippen LogP contribution in [0.2, 0.25) is 5.02 Å². The fourth-order valence-electron chi connectivity index (χ4n) is 4.92. The predicted molar refractivity (Wildman–Crippen MR) is 149 cm³/mol. The average Bonchev–Trinajstić information content (AvgIpc) is 3.61. The molecule has 194 valence electrons. The number of benzene rings is 2. The van der Waals surface area contributed by atoms with E-state index in [9.17, 15) is 14.7 Å². The highest BCUT2D eigenvalue weighted by Crippen LogP contribution is 2.34. The molecule has 3 heterocycles. The van der Waals surface area contributed by atoms with Crippen LogP contribution >= 0.6 is 22.9 Å². The quantitative estimate of drug-likeness (QED) is 0.424. The number of halogens is 1. The standard InChI is InChI=1S/C28H31ClN4O3S/c29-23-18-22(6-7-24(23)34)30-28(36)21-10-12-31(19-21)13-11-26(35)32-14-16-33(17-15-32)27-9-8-25(37-27)20-4-2-1-3-5-20/h1-9,18,21,34H,10-17,19H2,(H,30,36)/t21-/m1/s1. The maximum atomic E-state index is 12.9. The lowest BCUT2D eigenvalue weighted by molar-refractivity contribution is -0.131. The lowest BCUT2D eigenvalue weighted by Crippen LogP contribution is -2.49. The van der Waals surface area contributed by atoms with Crippen molar-refractivity contribution >= 4 is 45.4 Å². The zero-order valence-corrected chi connectivity index (χ0v) is 22.2. The van der Waals surface area contributed by atoms with E-state index in [0.29, 0.717) is 25.2 Å². The van der Waals surface area contributed by atoms with Crippen molar-refractivity contribution in [1.29, 1.82) is 0 Å². The molecule has 0 bridgehead atoms. The fourth-order valence-corrected chi connectivity index (χ4v) is 6.17. The number of carbonyl (C=O) groups is 2. The third-order valence-electron chi connectivity index (χ3n) is 7.09. The number of nitrogens with one attached hydrogen (secondary N) is 1. The van der Waals surface area contributed by atoms with E-state index in [4.69, 9.17) is 11.6 Å². The molecule has 9 heteroatoms. The molecule has 3 aromatic rings. The van der Waals surface area contributed by atoms with Crippen LogP contribution in [0.25, 0.3) is 10.4 Å². The summed E-state index contributed by atoms with van der Waals surface area (Å²) in [6, 6.07) is 19.4.